The summed E-state index contributed by atoms with van der Waals surface area (Å²) >= 11 is 12.1. The van der Waals surface area contributed by atoms with Crippen LogP contribution in [0, 0.1) is 5.82 Å². The molecule has 8 heteroatoms. The van der Waals surface area contributed by atoms with Crippen molar-refractivity contribution in [2.45, 2.75) is 3.74 Å². The molecule has 2 N–H and O–H groups in total. The van der Waals surface area contributed by atoms with Crippen LogP contribution >= 0.6 is 43.5 Å². The molecule has 1 aromatic rings. The van der Waals surface area contributed by atoms with Crippen molar-refractivity contribution >= 4 is 50.8 Å². The molecule has 0 spiro atoms. The molecule has 0 radical (unpaired) electrons. The third-order valence-corrected chi connectivity index (χ3v) is 2.83. The molecule has 0 unspecified atom stereocenters. The first-order valence-corrected chi connectivity index (χ1v) is 5.92. The Balaban J connectivity index is 3.11. The number of hydrogen-bond donors (Lipinski definition) is 2. The fourth-order valence-corrected chi connectivity index (χ4v) is 2.20. The summed E-state index contributed by atoms with van der Waals surface area (Å²) in [6.07, 6.45) is 0. The number of alkyl halides is 2. The summed E-state index contributed by atoms with van der Waals surface area (Å²) < 4.78 is 17.3. The summed E-state index contributed by atoms with van der Waals surface area (Å²) in [5.41, 5.74) is 0.522. The number of rotatable bonds is 3. The van der Waals surface area contributed by atoms with Crippen molar-refractivity contribution in [3.05, 3.63) is 28.5 Å². The summed E-state index contributed by atoms with van der Waals surface area (Å²) in [7, 11) is -2.07. The van der Waals surface area contributed by atoms with Crippen molar-refractivity contribution in [1.29, 1.82) is 0 Å². The minimum atomic E-state index is -2.07. The van der Waals surface area contributed by atoms with Gasteiger partial charge in [0, 0.05) is 5.02 Å². The van der Waals surface area contributed by atoms with Crippen molar-refractivity contribution < 1.29 is 19.1 Å². The Bertz CT molecular complexity index is 364. The molecule has 0 aromatic heterocycles. The summed E-state index contributed by atoms with van der Waals surface area (Å²) in [6, 6.07) is 2.30. The van der Waals surface area contributed by atoms with Gasteiger partial charge in [-0.1, -0.05) is 43.5 Å². The normalized spacial score (nSPS) is 10.6. The van der Waals surface area contributed by atoms with Crippen molar-refractivity contribution in [1.82, 2.24) is 0 Å². The van der Waals surface area contributed by atoms with Crippen molar-refractivity contribution in [2.75, 3.05) is 0 Å². The molecule has 0 aliphatic carbocycles. The Labute approximate surface area is 108 Å². The Kier molecular flexibility index (Phi) is 4.85. The van der Waals surface area contributed by atoms with Crippen LogP contribution in [-0.4, -0.2) is 17.4 Å². The predicted molar refractivity (Wildman–Crippen MR) is 62.8 cm³/mol. The standard InChI is InChI=1S/C7H5BBr2ClFO3/c9-7(10)3-1-6(15-8(13)14)5(12)2-4(3)11/h1-2,7,13-14H. The molecule has 82 valence electrons. The Hall–Kier alpha value is 0.185. The molecule has 1 aromatic carbocycles. The predicted octanol–water partition coefficient (Wildman–Crippen LogP) is 2.62. The average Bonchev–Trinajstić information content (AvgIpc) is 2.08. The van der Waals surface area contributed by atoms with Gasteiger partial charge in [0.2, 0.25) is 0 Å². The van der Waals surface area contributed by atoms with E-state index in [1.54, 1.807) is 0 Å². The average molecular weight is 362 g/mol. The molecule has 0 bridgehead atoms. The summed E-state index contributed by atoms with van der Waals surface area (Å²) in [4.78, 5) is 0. The highest BCUT2D eigenvalue weighted by molar-refractivity contribution is 9.24. The van der Waals surface area contributed by atoms with E-state index in [1.807, 2.05) is 0 Å². The van der Waals surface area contributed by atoms with Gasteiger partial charge in [-0.05, 0) is 17.7 Å². The van der Waals surface area contributed by atoms with Gasteiger partial charge in [0.25, 0.3) is 0 Å². The van der Waals surface area contributed by atoms with E-state index < -0.39 is 13.1 Å². The van der Waals surface area contributed by atoms with Gasteiger partial charge in [-0.3, -0.25) is 0 Å². The SMILES string of the molecule is OB(O)Oc1cc(C(Br)Br)c(Cl)cc1F. The quantitative estimate of drug-likeness (QED) is 0.642. The minimum Gasteiger partial charge on any atom is -0.510 e. The third kappa shape index (κ3) is 3.60. The summed E-state index contributed by atoms with van der Waals surface area (Å²) in [5.74, 6) is -1.05. The molecule has 0 amide bonds. The van der Waals surface area contributed by atoms with Crippen molar-refractivity contribution in [2.24, 2.45) is 0 Å². The first kappa shape index (κ1) is 13.3. The Morgan fingerprint density at radius 2 is 2.00 bits per heavy atom. The number of halogens is 4. The minimum absolute atomic E-state index is 0.200. The Morgan fingerprint density at radius 3 is 2.47 bits per heavy atom. The Morgan fingerprint density at radius 1 is 1.40 bits per heavy atom. The van der Waals surface area contributed by atoms with Gasteiger partial charge in [-0.15, -0.1) is 0 Å². The van der Waals surface area contributed by atoms with Gasteiger partial charge in [0.15, 0.2) is 5.82 Å². The lowest BCUT2D eigenvalue weighted by molar-refractivity contribution is 0.281. The van der Waals surface area contributed by atoms with Crippen molar-refractivity contribution in [3.63, 3.8) is 0 Å². The zero-order chi connectivity index (χ0) is 11.6. The van der Waals surface area contributed by atoms with Gasteiger partial charge < -0.3 is 14.7 Å². The molecule has 3 nitrogen and oxygen atoms in total. The van der Waals surface area contributed by atoms with E-state index in [-0.39, 0.29) is 14.5 Å². The lowest BCUT2D eigenvalue weighted by atomic mass is 10.2. The highest BCUT2D eigenvalue weighted by Gasteiger charge is 2.18. The van der Waals surface area contributed by atoms with Crippen LogP contribution in [0.5, 0.6) is 5.75 Å². The molecular formula is C7H5BBr2ClFO3. The zero-order valence-corrected chi connectivity index (χ0v) is 11.1. The van der Waals surface area contributed by atoms with Crippen LogP contribution in [0.25, 0.3) is 0 Å². The van der Waals surface area contributed by atoms with Crippen LogP contribution < -0.4 is 4.65 Å². The molecule has 1 rings (SSSR count). The van der Waals surface area contributed by atoms with Crippen LogP contribution in [0.2, 0.25) is 5.02 Å². The molecule has 0 aliphatic heterocycles. The van der Waals surface area contributed by atoms with Gasteiger partial charge in [0.1, 0.15) is 5.75 Å². The van der Waals surface area contributed by atoms with Crippen LogP contribution in [0.15, 0.2) is 12.1 Å². The third-order valence-electron chi connectivity index (χ3n) is 1.52. The van der Waals surface area contributed by atoms with Gasteiger partial charge >= 0.3 is 7.32 Å². The van der Waals surface area contributed by atoms with Crippen LogP contribution in [-0.2, 0) is 0 Å². The number of hydrogen-bond acceptors (Lipinski definition) is 3. The van der Waals surface area contributed by atoms with Crippen LogP contribution in [0.1, 0.15) is 9.30 Å². The molecule has 0 fully saturated rings. The highest BCUT2D eigenvalue weighted by atomic mass is 79.9. The summed E-state index contributed by atoms with van der Waals surface area (Å²) in [5, 5.41) is 17.3. The smallest absolute Gasteiger partial charge is 0.510 e. The van der Waals surface area contributed by atoms with Crippen LogP contribution in [0.4, 0.5) is 4.39 Å². The maximum Gasteiger partial charge on any atom is 0.707 e. The van der Waals surface area contributed by atoms with E-state index in [1.165, 1.54) is 6.07 Å². The maximum absolute atomic E-state index is 13.2. The van der Waals surface area contributed by atoms with E-state index >= 15 is 0 Å². The first-order valence-electron chi connectivity index (χ1n) is 3.71. The topological polar surface area (TPSA) is 49.7 Å². The molecule has 0 atom stereocenters. The molecule has 0 heterocycles. The van der Waals surface area contributed by atoms with E-state index in [4.69, 9.17) is 21.6 Å². The molecule has 0 saturated carbocycles. The molecular weight excluding hydrogens is 357 g/mol. The summed E-state index contributed by atoms with van der Waals surface area (Å²) in [6.45, 7) is 0. The van der Waals surface area contributed by atoms with E-state index in [0.29, 0.717) is 5.56 Å². The fourth-order valence-electron chi connectivity index (χ4n) is 0.916. The zero-order valence-electron chi connectivity index (χ0n) is 7.12. The first-order chi connectivity index (χ1) is 6.91. The van der Waals surface area contributed by atoms with Crippen molar-refractivity contribution in [3.8, 4) is 5.75 Å². The fraction of sp³-hybridized carbons (Fsp3) is 0.143. The van der Waals surface area contributed by atoms with Gasteiger partial charge in [-0.25, -0.2) is 4.39 Å². The van der Waals surface area contributed by atoms with Gasteiger partial charge in [0.05, 0.1) is 3.74 Å². The van der Waals surface area contributed by atoms with E-state index in [0.717, 1.165) is 6.07 Å². The second kappa shape index (κ2) is 5.49. The lowest BCUT2D eigenvalue weighted by Crippen LogP contribution is -2.21. The largest absolute Gasteiger partial charge is 0.707 e. The monoisotopic (exact) mass is 360 g/mol. The van der Waals surface area contributed by atoms with E-state index in [9.17, 15) is 4.39 Å². The molecule has 0 aliphatic rings. The van der Waals surface area contributed by atoms with Crippen LogP contribution in [0.3, 0.4) is 0 Å². The second-order valence-corrected chi connectivity index (χ2v) is 6.02. The number of benzene rings is 1. The van der Waals surface area contributed by atoms with E-state index in [2.05, 4.69) is 36.5 Å². The molecule has 0 saturated heterocycles. The molecule has 15 heavy (non-hydrogen) atoms. The lowest BCUT2D eigenvalue weighted by Gasteiger charge is -2.11. The second-order valence-electron chi connectivity index (χ2n) is 2.55. The van der Waals surface area contributed by atoms with Gasteiger partial charge in [-0.2, -0.15) is 0 Å². The highest BCUT2D eigenvalue weighted by Crippen LogP contribution is 2.37. The maximum atomic E-state index is 13.2.